The highest BCUT2D eigenvalue weighted by atomic mass is 32.2. The minimum atomic E-state index is 0.0266. The highest BCUT2D eigenvalue weighted by molar-refractivity contribution is 8.14. The van der Waals surface area contributed by atoms with Gasteiger partial charge < -0.3 is 0 Å². The Bertz CT molecular complexity index is 674. The van der Waals surface area contributed by atoms with Gasteiger partial charge in [0.2, 0.25) is 5.91 Å². The maximum atomic E-state index is 12.8. The molecule has 1 aliphatic heterocycles. The summed E-state index contributed by atoms with van der Waals surface area (Å²) in [7, 11) is 0. The van der Waals surface area contributed by atoms with Gasteiger partial charge in [0.05, 0.1) is 0 Å². The number of amides is 1. The number of carbonyl (C=O) groups excluding carboxylic acids is 1. The molecule has 1 atom stereocenters. The third kappa shape index (κ3) is 4.18. The van der Waals surface area contributed by atoms with Gasteiger partial charge in [0, 0.05) is 5.92 Å². The van der Waals surface area contributed by atoms with Crippen LogP contribution in [0.5, 0.6) is 0 Å². The van der Waals surface area contributed by atoms with Crippen LogP contribution in [0.2, 0.25) is 0 Å². The van der Waals surface area contributed by atoms with E-state index >= 15 is 0 Å². The molecule has 24 heavy (non-hydrogen) atoms. The number of allylic oxidation sites excluding steroid dienone is 1. The first kappa shape index (κ1) is 17.5. The number of rotatable bonds is 4. The standard InChI is InChI=1S/C21H27NOS/c1-3-12-24-21-19-9-5-8-17(19)10-11-18(20(23)22-21)14-16-7-4-6-15(2)13-16/h4,6-7,13,18H,3,5,8-12,14H2,1-2H3. The summed E-state index contributed by atoms with van der Waals surface area (Å²) in [6.07, 6.45) is 7.50. The molecule has 2 aliphatic rings. The molecule has 0 N–H and O–H groups in total. The molecule has 1 unspecified atom stereocenters. The zero-order valence-corrected chi connectivity index (χ0v) is 15.6. The summed E-state index contributed by atoms with van der Waals surface area (Å²) in [5.41, 5.74) is 5.48. The Labute approximate surface area is 149 Å². The first-order valence-corrected chi connectivity index (χ1v) is 10.2. The third-order valence-corrected chi connectivity index (χ3v) is 6.18. The van der Waals surface area contributed by atoms with Crippen LogP contribution < -0.4 is 0 Å². The number of carbonyl (C=O) groups is 1. The smallest absolute Gasteiger partial charge is 0.250 e. The van der Waals surface area contributed by atoms with E-state index in [0.717, 1.165) is 42.9 Å². The van der Waals surface area contributed by atoms with Crippen molar-refractivity contribution in [2.75, 3.05) is 5.75 Å². The van der Waals surface area contributed by atoms with Crippen molar-refractivity contribution in [1.82, 2.24) is 0 Å². The molecule has 1 aromatic rings. The zero-order chi connectivity index (χ0) is 16.9. The van der Waals surface area contributed by atoms with Crippen LogP contribution in [0.1, 0.15) is 56.6 Å². The fourth-order valence-electron chi connectivity index (χ4n) is 3.70. The van der Waals surface area contributed by atoms with Gasteiger partial charge in [0.15, 0.2) is 0 Å². The monoisotopic (exact) mass is 341 g/mol. The second-order valence-electron chi connectivity index (χ2n) is 6.97. The number of aliphatic imine (C=N–C) groups is 1. The molecule has 0 fully saturated rings. The molecule has 0 aromatic heterocycles. The molecule has 1 amide bonds. The van der Waals surface area contributed by atoms with Crippen LogP contribution in [-0.4, -0.2) is 16.7 Å². The van der Waals surface area contributed by atoms with E-state index in [9.17, 15) is 4.79 Å². The molecule has 3 rings (SSSR count). The minimum absolute atomic E-state index is 0.0266. The molecule has 0 saturated heterocycles. The van der Waals surface area contributed by atoms with Crippen molar-refractivity contribution in [3.63, 3.8) is 0 Å². The molecular formula is C21H27NOS. The molecule has 1 aromatic carbocycles. The van der Waals surface area contributed by atoms with Crippen molar-refractivity contribution in [2.24, 2.45) is 10.9 Å². The van der Waals surface area contributed by atoms with Crippen LogP contribution in [0.25, 0.3) is 0 Å². The predicted molar refractivity (Wildman–Crippen MR) is 104 cm³/mol. The second kappa shape index (κ2) is 8.15. The Morgan fingerprint density at radius 2 is 2.12 bits per heavy atom. The number of hydrogen-bond donors (Lipinski definition) is 0. The van der Waals surface area contributed by atoms with Crippen LogP contribution in [0.15, 0.2) is 40.4 Å². The lowest BCUT2D eigenvalue weighted by Gasteiger charge is -2.19. The van der Waals surface area contributed by atoms with E-state index in [1.807, 2.05) is 0 Å². The first-order valence-electron chi connectivity index (χ1n) is 9.19. The Morgan fingerprint density at radius 1 is 1.25 bits per heavy atom. The van der Waals surface area contributed by atoms with Gasteiger partial charge in [-0.05, 0) is 68.8 Å². The van der Waals surface area contributed by atoms with E-state index in [4.69, 9.17) is 0 Å². The quantitative estimate of drug-likeness (QED) is 0.724. The van der Waals surface area contributed by atoms with Crippen molar-refractivity contribution in [1.29, 1.82) is 0 Å². The maximum Gasteiger partial charge on any atom is 0.250 e. The van der Waals surface area contributed by atoms with E-state index in [0.29, 0.717) is 0 Å². The zero-order valence-electron chi connectivity index (χ0n) is 14.8. The summed E-state index contributed by atoms with van der Waals surface area (Å²) >= 11 is 1.78. The lowest BCUT2D eigenvalue weighted by molar-refractivity contribution is -0.121. The van der Waals surface area contributed by atoms with Crippen LogP contribution in [0.3, 0.4) is 0 Å². The summed E-state index contributed by atoms with van der Waals surface area (Å²) in [6, 6.07) is 8.52. The van der Waals surface area contributed by atoms with E-state index in [-0.39, 0.29) is 11.8 Å². The van der Waals surface area contributed by atoms with Gasteiger partial charge in [0.1, 0.15) is 5.04 Å². The Hall–Kier alpha value is -1.35. The van der Waals surface area contributed by atoms with E-state index in [1.165, 1.54) is 29.5 Å². The van der Waals surface area contributed by atoms with E-state index in [1.54, 1.807) is 17.3 Å². The van der Waals surface area contributed by atoms with Crippen molar-refractivity contribution >= 4 is 22.7 Å². The first-order chi connectivity index (χ1) is 11.7. The number of nitrogens with zero attached hydrogens (tertiary/aromatic N) is 1. The van der Waals surface area contributed by atoms with Gasteiger partial charge in [-0.2, -0.15) is 0 Å². The topological polar surface area (TPSA) is 29.4 Å². The molecule has 0 saturated carbocycles. The van der Waals surface area contributed by atoms with Gasteiger partial charge in [0.25, 0.3) is 0 Å². The fourth-order valence-corrected chi connectivity index (χ4v) is 4.67. The number of hydrogen-bond acceptors (Lipinski definition) is 2. The lowest BCUT2D eigenvalue weighted by Crippen LogP contribution is -2.19. The van der Waals surface area contributed by atoms with Crippen molar-refractivity contribution in [3.05, 3.63) is 46.5 Å². The SMILES string of the molecule is CCCSC1=NC(=O)C(Cc2cccc(C)c2)CCC2=C1CCC2. The number of thioether (sulfide) groups is 1. The summed E-state index contributed by atoms with van der Waals surface area (Å²) in [4.78, 5) is 17.4. The largest absolute Gasteiger partial charge is 0.272 e. The normalized spacial score (nSPS) is 21.3. The number of benzene rings is 1. The minimum Gasteiger partial charge on any atom is -0.272 e. The molecule has 0 radical (unpaired) electrons. The highest BCUT2D eigenvalue weighted by Crippen LogP contribution is 2.36. The van der Waals surface area contributed by atoms with E-state index in [2.05, 4.69) is 43.1 Å². The Morgan fingerprint density at radius 3 is 2.92 bits per heavy atom. The lowest BCUT2D eigenvalue weighted by atomic mass is 9.90. The number of aryl methyl sites for hydroxylation is 1. The molecule has 128 valence electrons. The summed E-state index contributed by atoms with van der Waals surface area (Å²) < 4.78 is 0. The molecular weight excluding hydrogens is 314 g/mol. The third-order valence-electron chi connectivity index (χ3n) is 4.95. The van der Waals surface area contributed by atoms with Crippen molar-refractivity contribution in [3.8, 4) is 0 Å². The fraction of sp³-hybridized carbons (Fsp3) is 0.524. The van der Waals surface area contributed by atoms with Crippen molar-refractivity contribution < 1.29 is 4.79 Å². The van der Waals surface area contributed by atoms with Crippen LogP contribution in [-0.2, 0) is 11.2 Å². The van der Waals surface area contributed by atoms with Crippen LogP contribution in [0, 0.1) is 12.8 Å². The molecule has 1 aliphatic carbocycles. The van der Waals surface area contributed by atoms with Gasteiger partial charge in [-0.25, -0.2) is 4.99 Å². The molecule has 0 bridgehead atoms. The van der Waals surface area contributed by atoms with Gasteiger partial charge in [-0.3, -0.25) is 4.79 Å². The van der Waals surface area contributed by atoms with Gasteiger partial charge in [-0.15, -0.1) is 11.8 Å². The molecule has 3 heteroatoms. The highest BCUT2D eigenvalue weighted by Gasteiger charge is 2.27. The second-order valence-corrected chi connectivity index (χ2v) is 8.05. The average Bonchev–Trinajstić information content (AvgIpc) is 3.02. The maximum absolute atomic E-state index is 12.8. The Balaban J connectivity index is 1.81. The van der Waals surface area contributed by atoms with Crippen molar-refractivity contribution in [2.45, 2.75) is 58.8 Å². The summed E-state index contributed by atoms with van der Waals surface area (Å²) in [6.45, 7) is 4.29. The van der Waals surface area contributed by atoms with E-state index < -0.39 is 0 Å². The molecule has 0 spiro atoms. The van der Waals surface area contributed by atoms with Gasteiger partial charge in [-0.1, -0.05) is 42.3 Å². The van der Waals surface area contributed by atoms with Gasteiger partial charge >= 0.3 is 0 Å². The average molecular weight is 342 g/mol. The summed E-state index contributed by atoms with van der Waals surface area (Å²) in [5.74, 6) is 1.16. The summed E-state index contributed by atoms with van der Waals surface area (Å²) in [5, 5.41) is 1.03. The molecule has 1 heterocycles. The van der Waals surface area contributed by atoms with Crippen LogP contribution in [0.4, 0.5) is 0 Å². The predicted octanol–water partition coefficient (Wildman–Crippen LogP) is 5.50. The Kier molecular flexibility index (Phi) is 5.94. The van der Waals surface area contributed by atoms with Crippen LogP contribution >= 0.6 is 11.8 Å². The molecule has 2 nitrogen and oxygen atoms in total.